The Morgan fingerprint density at radius 1 is 0.862 bits per heavy atom. The summed E-state index contributed by atoms with van der Waals surface area (Å²) in [5, 5.41) is 0. The Balaban J connectivity index is 1.41. The van der Waals surface area contributed by atoms with E-state index in [-0.39, 0.29) is 5.82 Å². The number of hydrogen-bond donors (Lipinski definition) is 0. The number of allylic oxidation sites excluding steroid dienone is 2. The summed E-state index contributed by atoms with van der Waals surface area (Å²) in [6, 6.07) is 5.95. The highest BCUT2D eigenvalue weighted by molar-refractivity contribution is 5.25. The Labute approximate surface area is 179 Å². The Hall–Kier alpha value is -1.11. The molecule has 0 nitrogen and oxygen atoms in total. The summed E-state index contributed by atoms with van der Waals surface area (Å²) in [6.45, 7) is 4.48. The predicted molar refractivity (Wildman–Crippen MR) is 124 cm³/mol. The lowest BCUT2D eigenvalue weighted by atomic mass is 9.70. The minimum Gasteiger partial charge on any atom is -0.207 e. The first-order valence-corrected chi connectivity index (χ1v) is 12.6. The fourth-order valence-electron chi connectivity index (χ4n) is 5.63. The lowest BCUT2D eigenvalue weighted by molar-refractivity contribution is 0.185. The van der Waals surface area contributed by atoms with E-state index >= 15 is 0 Å². The molecule has 1 heteroatoms. The molecule has 0 amide bonds. The molecule has 0 saturated heterocycles. The molecular weight excluding hydrogens is 355 g/mol. The molecule has 29 heavy (non-hydrogen) atoms. The van der Waals surface area contributed by atoms with E-state index in [9.17, 15) is 4.39 Å². The highest BCUT2D eigenvalue weighted by Crippen LogP contribution is 2.41. The molecular formula is C28H43F. The van der Waals surface area contributed by atoms with Gasteiger partial charge in [0.2, 0.25) is 0 Å². The molecule has 2 aliphatic carbocycles. The molecule has 0 aromatic heterocycles. The molecule has 3 rings (SSSR count). The summed E-state index contributed by atoms with van der Waals surface area (Å²) in [5.41, 5.74) is 3.67. The van der Waals surface area contributed by atoms with Gasteiger partial charge in [-0.15, -0.1) is 0 Å². The van der Waals surface area contributed by atoms with E-state index in [0.717, 1.165) is 61.0 Å². The fraction of sp³-hybridized carbons (Fsp3) is 0.714. The van der Waals surface area contributed by atoms with Crippen LogP contribution in [0.15, 0.2) is 29.8 Å². The fourth-order valence-corrected chi connectivity index (χ4v) is 5.63. The van der Waals surface area contributed by atoms with Gasteiger partial charge in [-0.1, -0.05) is 76.2 Å². The number of rotatable bonds is 10. The average Bonchev–Trinajstić information content (AvgIpc) is 2.76. The molecule has 0 N–H and O–H groups in total. The maximum atomic E-state index is 14.3. The largest absolute Gasteiger partial charge is 0.207 e. The molecule has 1 fully saturated rings. The molecule has 1 saturated carbocycles. The van der Waals surface area contributed by atoms with Gasteiger partial charge < -0.3 is 0 Å². The molecule has 1 aromatic carbocycles. The average molecular weight is 399 g/mol. The lowest BCUT2D eigenvalue weighted by Gasteiger charge is -2.35. The first-order chi connectivity index (χ1) is 14.2. The van der Waals surface area contributed by atoms with E-state index in [0.29, 0.717) is 0 Å². The van der Waals surface area contributed by atoms with E-state index < -0.39 is 0 Å². The van der Waals surface area contributed by atoms with Crippen molar-refractivity contribution in [2.75, 3.05) is 0 Å². The normalized spacial score (nSPS) is 25.1. The zero-order valence-electron chi connectivity index (χ0n) is 19.0. The molecule has 1 atom stereocenters. The van der Waals surface area contributed by atoms with Crippen LogP contribution in [0.1, 0.15) is 108 Å². The van der Waals surface area contributed by atoms with Gasteiger partial charge in [-0.3, -0.25) is 0 Å². The Morgan fingerprint density at radius 2 is 1.66 bits per heavy atom. The van der Waals surface area contributed by atoms with Crippen LogP contribution in [0.4, 0.5) is 4.39 Å². The summed E-state index contributed by atoms with van der Waals surface area (Å²) in [5.74, 6) is 2.94. The predicted octanol–water partition coefficient (Wildman–Crippen LogP) is 8.82. The van der Waals surface area contributed by atoms with Gasteiger partial charge in [0.1, 0.15) is 5.82 Å². The SMILES string of the molecule is CCCCc1ccc(CCC2=CCC(C3CCC(CCCC)CC3)CC2)cc1F. The first-order valence-electron chi connectivity index (χ1n) is 12.6. The van der Waals surface area contributed by atoms with Gasteiger partial charge in [-0.2, -0.15) is 0 Å². The third kappa shape index (κ3) is 6.97. The summed E-state index contributed by atoms with van der Waals surface area (Å²) < 4.78 is 14.3. The Kier molecular flexibility index (Phi) is 9.28. The second-order valence-corrected chi connectivity index (χ2v) is 9.85. The Bertz CT molecular complexity index is 636. The van der Waals surface area contributed by atoms with Crippen molar-refractivity contribution in [3.63, 3.8) is 0 Å². The van der Waals surface area contributed by atoms with Gasteiger partial charge in [-0.05, 0) is 92.7 Å². The molecule has 2 aliphatic rings. The smallest absolute Gasteiger partial charge is 0.126 e. The van der Waals surface area contributed by atoms with Crippen molar-refractivity contribution in [3.8, 4) is 0 Å². The van der Waals surface area contributed by atoms with Crippen molar-refractivity contribution in [3.05, 3.63) is 46.8 Å². The maximum absolute atomic E-state index is 14.3. The van der Waals surface area contributed by atoms with E-state index in [1.807, 2.05) is 6.07 Å². The van der Waals surface area contributed by atoms with E-state index in [4.69, 9.17) is 0 Å². The van der Waals surface area contributed by atoms with Gasteiger partial charge in [0.25, 0.3) is 0 Å². The highest BCUT2D eigenvalue weighted by Gasteiger charge is 2.28. The number of hydrogen-bond acceptors (Lipinski definition) is 0. The molecule has 0 spiro atoms. The van der Waals surface area contributed by atoms with Crippen molar-refractivity contribution in [1.29, 1.82) is 0 Å². The van der Waals surface area contributed by atoms with Crippen LogP contribution in [0.3, 0.4) is 0 Å². The summed E-state index contributed by atoms with van der Waals surface area (Å²) in [7, 11) is 0. The quantitative estimate of drug-likeness (QED) is 0.345. The van der Waals surface area contributed by atoms with E-state index in [1.165, 1.54) is 64.2 Å². The number of unbranched alkanes of at least 4 members (excludes halogenated alkanes) is 2. The minimum atomic E-state index is 0.00294. The lowest BCUT2D eigenvalue weighted by Crippen LogP contribution is -2.23. The van der Waals surface area contributed by atoms with Gasteiger partial charge in [0.15, 0.2) is 0 Å². The van der Waals surface area contributed by atoms with Crippen molar-refractivity contribution < 1.29 is 4.39 Å². The molecule has 1 unspecified atom stereocenters. The van der Waals surface area contributed by atoms with Gasteiger partial charge in [0.05, 0.1) is 0 Å². The van der Waals surface area contributed by atoms with Gasteiger partial charge in [-0.25, -0.2) is 4.39 Å². The standard InChI is InChI=1S/C28H43F/c1-3-5-7-22-11-16-25(17-12-22)26-18-13-23(14-19-26)9-10-24-15-20-27(8-6-4-2)28(29)21-24/h13,15,20-22,25-26H,3-12,14,16-19H2,1-2H3. The molecule has 0 radical (unpaired) electrons. The molecule has 162 valence electrons. The van der Waals surface area contributed by atoms with Crippen LogP contribution in [0.25, 0.3) is 0 Å². The molecule has 0 aliphatic heterocycles. The van der Waals surface area contributed by atoms with Crippen LogP contribution >= 0.6 is 0 Å². The first kappa shape index (κ1) is 22.6. The van der Waals surface area contributed by atoms with Gasteiger partial charge >= 0.3 is 0 Å². The van der Waals surface area contributed by atoms with Crippen LogP contribution in [0.5, 0.6) is 0 Å². The van der Waals surface area contributed by atoms with Crippen LogP contribution in [-0.2, 0) is 12.8 Å². The number of halogens is 1. The van der Waals surface area contributed by atoms with E-state index in [2.05, 4.69) is 26.0 Å². The zero-order valence-corrected chi connectivity index (χ0v) is 19.0. The number of aryl methyl sites for hydroxylation is 2. The minimum absolute atomic E-state index is 0.00294. The molecule has 0 heterocycles. The van der Waals surface area contributed by atoms with Crippen LogP contribution in [0, 0.1) is 23.6 Å². The zero-order chi connectivity index (χ0) is 20.5. The number of benzene rings is 1. The van der Waals surface area contributed by atoms with Crippen molar-refractivity contribution in [1.82, 2.24) is 0 Å². The van der Waals surface area contributed by atoms with Crippen molar-refractivity contribution in [2.24, 2.45) is 17.8 Å². The van der Waals surface area contributed by atoms with E-state index in [1.54, 1.807) is 11.6 Å². The maximum Gasteiger partial charge on any atom is 0.126 e. The summed E-state index contributed by atoms with van der Waals surface area (Å²) in [4.78, 5) is 0. The Morgan fingerprint density at radius 3 is 2.31 bits per heavy atom. The summed E-state index contributed by atoms with van der Waals surface area (Å²) >= 11 is 0. The third-order valence-corrected chi connectivity index (χ3v) is 7.72. The van der Waals surface area contributed by atoms with Gasteiger partial charge in [0, 0.05) is 0 Å². The second kappa shape index (κ2) is 11.9. The third-order valence-electron chi connectivity index (χ3n) is 7.72. The summed E-state index contributed by atoms with van der Waals surface area (Å²) in [6.07, 6.45) is 21.9. The van der Waals surface area contributed by atoms with Crippen molar-refractivity contribution in [2.45, 2.75) is 110 Å². The van der Waals surface area contributed by atoms with Crippen LogP contribution in [0.2, 0.25) is 0 Å². The van der Waals surface area contributed by atoms with Crippen LogP contribution < -0.4 is 0 Å². The topological polar surface area (TPSA) is 0 Å². The second-order valence-electron chi connectivity index (χ2n) is 9.85. The highest BCUT2D eigenvalue weighted by atomic mass is 19.1. The molecule has 0 bridgehead atoms. The van der Waals surface area contributed by atoms with Crippen LogP contribution in [-0.4, -0.2) is 0 Å². The van der Waals surface area contributed by atoms with Crippen molar-refractivity contribution >= 4 is 0 Å². The molecule has 1 aromatic rings. The monoisotopic (exact) mass is 398 g/mol.